The molecule has 0 saturated heterocycles. The molecule has 3 N–H and O–H groups in total. The quantitative estimate of drug-likeness (QED) is 0.333. The Morgan fingerprint density at radius 2 is 1.89 bits per heavy atom. The molecule has 0 spiro atoms. The van der Waals surface area contributed by atoms with Crippen LogP contribution < -0.4 is 69.3 Å². The average Bonchev–Trinajstić information content (AvgIpc) is 2.44. The number of hydrogen-bond donors (Lipinski definition) is 3. The van der Waals surface area contributed by atoms with Crippen LogP contribution in [0.25, 0.3) is 0 Å². The van der Waals surface area contributed by atoms with Gasteiger partial charge in [0.25, 0.3) is 0 Å². The second kappa shape index (κ2) is 11.1. The number of carboxylic acid groups (broad SMARTS) is 1. The average molecular weight is 280 g/mol. The first-order valence-corrected chi connectivity index (χ1v) is 4.08. The molecule has 0 radical (unpaired) electrons. The van der Waals surface area contributed by atoms with Crippen molar-refractivity contribution in [1.29, 1.82) is 0 Å². The van der Waals surface area contributed by atoms with Crippen molar-refractivity contribution in [3.05, 3.63) is 11.5 Å². The van der Waals surface area contributed by atoms with E-state index in [1.165, 1.54) is 0 Å². The van der Waals surface area contributed by atoms with Crippen LogP contribution in [0.3, 0.4) is 0 Å². The van der Waals surface area contributed by atoms with Crippen molar-refractivity contribution in [1.82, 2.24) is 0 Å². The minimum Gasteiger partial charge on any atom is -0.865 e. The van der Waals surface area contributed by atoms with E-state index < -0.39 is 42.3 Å². The molecule has 10 heteroatoms. The van der Waals surface area contributed by atoms with E-state index >= 15 is 0 Å². The molecule has 1 rings (SSSR count). The van der Waals surface area contributed by atoms with Crippen LogP contribution in [0, 0.1) is 0 Å². The van der Waals surface area contributed by atoms with Gasteiger partial charge in [-0.2, -0.15) is 0 Å². The van der Waals surface area contributed by atoms with Gasteiger partial charge in [0.05, 0.1) is 6.61 Å². The normalized spacial score (nSPS) is 18.6. The Morgan fingerprint density at radius 3 is 2.11 bits per heavy atom. The summed E-state index contributed by atoms with van der Waals surface area (Å²) in [7, 11) is 0. The number of carbonyl (C=O) groups excluding carboxylic acids is 2. The molecule has 1 aliphatic heterocycles. The largest absolute Gasteiger partial charge is 1.00 e. The molecule has 18 heavy (non-hydrogen) atoms. The molecule has 92 valence electrons. The molecule has 0 bridgehead atoms. The maximum absolute atomic E-state index is 10.6. The third kappa shape index (κ3) is 7.59. The van der Waals surface area contributed by atoms with Gasteiger partial charge in [-0.15, -0.1) is 0 Å². The minimum atomic E-state index is -1.46. The summed E-state index contributed by atoms with van der Waals surface area (Å²) in [6, 6.07) is 0. The molecule has 0 aliphatic carbocycles. The third-order valence-electron chi connectivity index (χ3n) is 1.46. The first kappa shape index (κ1) is 23.3. The van der Waals surface area contributed by atoms with E-state index in [1.54, 1.807) is 0 Å². The van der Waals surface area contributed by atoms with E-state index in [9.17, 15) is 9.90 Å². The van der Waals surface area contributed by atoms with Crippen molar-refractivity contribution in [2.24, 2.45) is 0 Å². The van der Waals surface area contributed by atoms with Crippen molar-refractivity contribution in [3.8, 4) is 0 Å². The van der Waals surface area contributed by atoms with Gasteiger partial charge in [-0.25, -0.2) is 4.79 Å². The molecule has 0 unspecified atom stereocenters. The van der Waals surface area contributed by atoms with Gasteiger partial charge in [-0.05, 0) is 6.92 Å². The summed E-state index contributed by atoms with van der Waals surface area (Å²) in [6.07, 6.45) is -2.88. The number of aliphatic hydroxyl groups excluding tert-OH is 3. The molecule has 0 amide bonds. The number of aliphatic hydroxyl groups is 3. The molecule has 0 saturated carbocycles. The van der Waals surface area contributed by atoms with Crippen LogP contribution in [0.5, 0.6) is 0 Å². The summed E-state index contributed by atoms with van der Waals surface area (Å²) in [5, 5.41) is 45.7. The summed E-state index contributed by atoms with van der Waals surface area (Å²) in [5.41, 5.74) is 0. The fraction of sp³-hybridized carbons (Fsp3) is 0.500. The van der Waals surface area contributed by atoms with E-state index in [1.807, 2.05) is 0 Å². The Balaban J connectivity index is -0.000000332. The number of ether oxygens (including phenoxy) is 1. The zero-order valence-electron chi connectivity index (χ0n) is 10.2. The van der Waals surface area contributed by atoms with Gasteiger partial charge in [0.2, 0.25) is 0 Å². The number of cyclic esters (lactones) is 1. The molecule has 0 aromatic rings. The van der Waals surface area contributed by atoms with Crippen LogP contribution in [-0.2, 0) is 14.3 Å². The van der Waals surface area contributed by atoms with E-state index in [-0.39, 0.29) is 59.1 Å². The zero-order chi connectivity index (χ0) is 12.9. The summed E-state index contributed by atoms with van der Waals surface area (Å²) in [4.78, 5) is 19.4. The van der Waals surface area contributed by atoms with Gasteiger partial charge in [-0.3, -0.25) is 0 Å². The fourth-order valence-corrected chi connectivity index (χ4v) is 0.815. The van der Waals surface area contributed by atoms with Gasteiger partial charge < -0.3 is 35.1 Å². The number of carbonyl (C=O) groups is 2. The van der Waals surface area contributed by atoms with Crippen molar-refractivity contribution >= 4 is 11.9 Å². The monoisotopic (exact) mass is 280 g/mol. The molecular formula is C8H10Na2O8. The van der Waals surface area contributed by atoms with Gasteiger partial charge in [-0.1, -0.05) is 0 Å². The van der Waals surface area contributed by atoms with Crippen LogP contribution in [0.15, 0.2) is 11.5 Å². The summed E-state index contributed by atoms with van der Waals surface area (Å²) in [5.74, 6) is -4.33. The molecule has 0 aromatic heterocycles. The van der Waals surface area contributed by atoms with Crippen LogP contribution in [-0.4, -0.2) is 46.1 Å². The van der Waals surface area contributed by atoms with Gasteiger partial charge in [0.15, 0.2) is 6.10 Å². The predicted molar refractivity (Wildman–Crippen MR) is 43.3 cm³/mol. The van der Waals surface area contributed by atoms with Crippen LogP contribution >= 0.6 is 0 Å². The number of rotatable bonds is 2. The summed E-state index contributed by atoms with van der Waals surface area (Å²) >= 11 is 0. The Hall–Kier alpha value is 0.200. The maximum atomic E-state index is 10.6. The summed E-state index contributed by atoms with van der Waals surface area (Å²) in [6.45, 7) is 0.273. The minimum absolute atomic E-state index is 0. The van der Waals surface area contributed by atoms with Crippen molar-refractivity contribution in [2.75, 3.05) is 6.61 Å². The number of esters is 1. The topological polar surface area (TPSA) is 150 Å². The fourth-order valence-electron chi connectivity index (χ4n) is 0.815. The Bertz CT molecular complexity index is 312. The number of aliphatic carboxylic acids is 1. The van der Waals surface area contributed by atoms with E-state index in [0.717, 1.165) is 6.92 Å². The third-order valence-corrected chi connectivity index (χ3v) is 1.46. The SMILES string of the molecule is CC(=O)[O-].O=C1O[C@H]([C@@H](O)CO)C(O)=C1[O-].[Na+].[Na+]. The Morgan fingerprint density at radius 1 is 1.50 bits per heavy atom. The molecule has 0 aromatic carbocycles. The number of hydrogen-bond acceptors (Lipinski definition) is 8. The Kier molecular flexibility index (Phi) is 14.3. The Labute approximate surface area is 147 Å². The van der Waals surface area contributed by atoms with Crippen molar-refractivity contribution in [3.63, 3.8) is 0 Å². The van der Waals surface area contributed by atoms with E-state index in [2.05, 4.69) is 4.74 Å². The van der Waals surface area contributed by atoms with Crippen LogP contribution in [0.4, 0.5) is 0 Å². The first-order valence-electron chi connectivity index (χ1n) is 4.08. The summed E-state index contributed by atoms with van der Waals surface area (Å²) < 4.78 is 4.25. The van der Waals surface area contributed by atoms with Crippen molar-refractivity contribution in [2.45, 2.75) is 19.1 Å². The first-order chi connectivity index (χ1) is 7.31. The van der Waals surface area contributed by atoms with Crippen molar-refractivity contribution < 1.29 is 99.0 Å². The predicted octanol–water partition coefficient (Wildman–Crippen LogP) is -9.84. The molecular weight excluding hydrogens is 270 g/mol. The maximum Gasteiger partial charge on any atom is 1.00 e. The van der Waals surface area contributed by atoms with Gasteiger partial charge in [0.1, 0.15) is 11.9 Å². The van der Waals surface area contributed by atoms with Crippen LogP contribution in [0.2, 0.25) is 0 Å². The zero-order valence-corrected chi connectivity index (χ0v) is 14.2. The molecule has 1 aliphatic rings. The second-order valence-electron chi connectivity index (χ2n) is 2.78. The molecule has 2 atom stereocenters. The molecule has 0 fully saturated rings. The van der Waals surface area contributed by atoms with Gasteiger partial charge >= 0.3 is 65.1 Å². The molecule has 8 nitrogen and oxygen atoms in total. The standard InChI is InChI=1S/C6H8O6.C2H4O2.2Na/c7-1-2(8)5-3(9)4(10)6(11)12-5;1-2(3)4;;/h2,5,7-10H,1H2;1H3,(H,3,4);;/q;;2*+1/p-2/t2-,5+;;;/m0.../s1. The van der Waals surface area contributed by atoms with Crippen LogP contribution in [0.1, 0.15) is 6.92 Å². The van der Waals surface area contributed by atoms with E-state index in [0.29, 0.717) is 0 Å². The van der Waals surface area contributed by atoms with Gasteiger partial charge in [0, 0.05) is 11.7 Å². The smallest absolute Gasteiger partial charge is 0.865 e. The molecule has 1 heterocycles. The number of carboxylic acids is 1. The second-order valence-corrected chi connectivity index (χ2v) is 2.78. The van der Waals surface area contributed by atoms with E-state index in [4.69, 9.17) is 25.2 Å².